The largest absolute Gasteiger partial charge is 0.371 e. The van der Waals surface area contributed by atoms with Crippen LogP contribution in [0.1, 0.15) is 25.7 Å². The molecule has 2 rings (SSSR count). The zero-order chi connectivity index (χ0) is 14.7. The first-order valence-electron chi connectivity index (χ1n) is 6.87. The summed E-state index contributed by atoms with van der Waals surface area (Å²) in [5.41, 5.74) is 1.24. The maximum absolute atomic E-state index is 10.8. The molecule has 0 saturated heterocycles. The summed E-state index contributed by atoms with van der Waals surface area (Å²) < 4.78 is 0.940. The zero-order valence-corrected chi connectivity index (χ0v) is 14.0. The number of nitro benzene ring substituents is 1. The van der Waals surface area contributed by atoms with Crippen LogP contribution >= 0.6 is 22.6 Å². The molecule has 0 unspecified atom stereocenters. The van der Waals surface area contributed by atoms with Crippen molar-refractivity contribution in [3.05, 3.63) is 31.9 Å². The summed E-state index contributed by atoms with van der Waals surface area (Å²) in [6.07, 6.45) is 4.70. The van der Waals surface area contributed by atoms with Crippen molar-refractivity contribution in [1.29, 1.82) is 0 Å². The number of halogens is 1. The highest BCUT2D eigenvalue weighted by Crippen LogP contribution is 2.31. The summed E-state index contributed by atoms with van der Waals surface area (Å²) in [5, 5.41) is 14.1. The van der Waals surface area contributed by atoms with Gasteiger partial charge in [-0.15, -0.1) is 0 Å². The van der Waals surface area contributed by atoms with Crippen LogP contribution in [0.4, 0.5) is 11.4 Å². The van der Waals surface area contributed by atoms with E-state index in [1.54, 1.807) is 12.1 Å². The van der Waals surface area contributed by atoms with E-state index in [2.05, 4.69) is 39.9 Å². The molecule has 110 valence electrons. The molecular formula is C14H20IN3O2. The van der Waals surface area contributed by atoms with Crippen LogP contribution < -0.4 is 10.2 Å². The molecule has 1 fully saturated rings. The SMILES string of the molecule is CNC1CCC(N(C)c2ccc([N+](=O)[O-])cc2I)CC1. The van der Waals surface area contributed by atoms with Gasteiger partial charge in [0.15, 0.2) is 0 Å². The lowest BCUT2D eigenvalue weighted by molar-refractivity contribution is -0.384. The van der Waals surface area contributed by atoms with Crippen molar-refractivity contribution >= 4 is 34.0 Å². The number of rotatable bonds is 4. The minimum absolute atomic E-state index is 0.158. The quantitative estimate of drug-likeness (QED) is 0.488. The van der Waals surface area contributed by atoms with Gasteiger partial charge in [0.1, 0.15) is 0 Å². The van der Waals surface area contributed by atoms with Crippen molar-refractivity contribution in [2.45, 2.75) is 37.8 Å². The van der Waals surface area contributed by atoms with Crippen molar-refractivity contribution in [2.24, 2.45) is 0 Å². The maximum atomic E-state index is 10.8. The Morgan fingerprint density at radius 3 is 2.50 bits per heavy atom. The van der Waals surface area contributed by atoms with E-state index in [-0.39, 0.29) is 10.6 Å². The fourth-order valence-electron chi connectivity index (χ4n) is 2.84. The summed E-state index contributed by atoms with van der Waals surface area (Å²) in [4.78, 5) is 12.7. The lowest BCUT2D eigenvalue weighted by Crippen LogP contribution is -2.40. The molecular weight excluding hydrogens is 369 g/mol. The van der Waals surface area contributed by atoms with E-state index in [1.807, 2.05) is 13.1 Å². The smallest absolute Gasteiger partial charge is 0.270 e. The highest BCUT2D eigenvalue weighted by molar-refractivity contribution is 14.1. The number of nitro groups is 1. The van der Waals surface area contributed by atoms with Crippen LogP contribution in [-0.2, 0) is 0 Å². The van der Waals surface area contributed by atoms with Gasteiger partial charge in [-0.25, -0.2) is 0 Å². The van der Waals surface area contributed by atoms with Crippen LogP contribution in [0.25, 0.3) is 0 Å². The van der Waals surface area contributed by atoms with Crippen LogP contribution in [0.15, 0.2) is 18.2 Å². The van der Waals surface area contributed by atoms with Crippen LogP contribution in [-0.4, -0.2) is 31.1 Å². The van der Waals surface area contributed by atoms with Gasteiger partial charge in [0.05, 0.1) is 10.6 Å². The number of anilines is 1. The minimum atomic E-state index is -0.343. The number of nitrogens with zero attached hydrogens (tertiary/aromatic N) is 2. The summed E-state index contributed by atoms with van der Waals surface area (Å²) in [6.45, 7) is 0. The lowest BCUT2D eigenvalue weighted by Gasteiger charge is -2.36. The molecule has 5 nitrogen and oxygen atoms in total. The summed E-state index contributed by atoms with van der Waals surface area (Å²) in [7, 11) is 4.11. The van der Waals surface area contributed by atoms with Crippen LogP contribution in [0, 0.1) is 13.7 Å². The molecule has 1 aromatic carbocycles. The highest BCUT2D eigenvalue weighted by atomic mass is 127. The Bertz CT molecular complexity index is 487. The van der Waals surface area contributed by atoms with Gasteiger partial charge < -0.3 is 10.2 Å². The zero-order valence-electron chi connectivity index (χ0n) is 11.8. The summed E-state index contributed by atoms with van der Waals surface area (Å²) in [6, 6.07) is 6.26. The van der Waals surface area contributed by atoms with Gasteiger partial charge in [0.25, 0.3) is 5.69 Å². The van der Waals surface area contributed by atoms with E-state index >= 15 is 0 Å². The number of hydrogen-bond acceptors (Lipinski definition) is 4. The van der Waals surface area contributed by atoms with Gasteiger partial charge in [-0.3, -0.25) is 10.1 Å². The topological polar surface area (TPSA) is 58.4 Å². The van der Waals surface area contributed by atoms with Gasteiger partial charge in [-0.2, -0.15) is 0 Å². The van der Waals surface area contributed by atoms with Crippen molar-refractivity contribution in [2.75, 3.05) is 19.0 Å². The van der Waals surface area contributed by atoms with Crippen molar-refractivity contribution in [3.63, 3.8) is 0 Å². The summed E-state index contributed by atoms with van der Waals surface area (Å²) >= 11 is 2.18. The average molecular weight is 389 g/mol. The fraction of sp³-hybridized carbons (Fsp3) is 0.571. The fourth-order valence-corrected chi connectivity index (χ4v) is 3.72. The molecule has 0 radical (unpaired) electrons. The Morgan fingerprint density at radius 2 is 2.00 bits per heavy atom. The third-order valence-corrected chi connectivity index (χ3v) is 5.04. The van der Waals surface area contributed by atoms with E-state index in [0.717, 1.165) is 22.1 Å². The molecule has 1 N–H and O–H groups in total. The van der Waals surface area contributed by atoms with Crippen molar-refractivity contribution in [3.8, 4) is 0 Å². The van der Waals surface area contributed by atoms with E-state index in [1.165, 1.54) is 12.8 Å². The van der Waals surface area contributed by atoms with Crippen molar-refractivity contribution in [1.82, 2.24) is 5.32 Å². The van der Waals surface area contributed by atoms with Crippen LogP contribution in [0.2, 0.25) is 0 Å². The Kier molecular flexibility index (Phi) is 5.20. The second-order valence-corrected chi connectivity index (χ2v) is 6.46. The van der Waals surface area contributed by atoms with E-state index in [9.17, 15) is 10.1 Å². The molecule has 1 saturated carbocycles. The Morgan fingerprint density at radius 1 is 1.35 bits per heavy atom. The van der Waals surface area contributed by atoms with E-state index in [4.69, 9.17) is 0 Å². The first-order valence-corrected chi connectivity index (χ1v) is 7.95. The molecule has 0 aliphatic heterocycles. The third-order valence-electron chi connectivity index (χ3n) is 4.17. The molecule has 0 bridgehead atoms. The minimum Gasteiger partial charge on any atom is -0.371 e. The van der Waals surface area contributed by atoms with Crippen molar-refractivity contribution < 1.29 is 4.92 Å². The number of hydrogen-bond donors (Lipinski definition) is 1. The standard InChI is InChI=1S/C14H20IN3O2/c1-16-10-3-5-11(6-4-10)17(2)14-8-7-12(18(19)20)9-13(14)15/h7-11,16H,3-6H2,1-2H3. The monoisotopic (exact) mass is 389 g/mol. The number of non-ortho nitro benzene ring substituents is 1. The molecule has 1 aliphatic rings. The molecule has 1 aromatic rings. The summed E-state index contributed by atoms with van der Waals surface area (Å²) in [5.74, 6) is 0. The van der Waals surface area contributed by atoms with Gasteiger partial charge in [0.2, 0.25) is 0 Å². The second-order valence-electron chi connectivity index (χ2n) is 5.30. The normalized spacial score (nSPS) is 22.6. The Balaban J connectivity index is 2.09. The first-order chi connectivity index (χ1) is 9.52. The number of benzene rings is 1. The molecule has 0 atom stereocenters. The molecule has 0 spiro atoms. The van der Waals surface area contributed by atoms with Gasteiger partial charge >= 0.3 is 0 Å². The van der Waals surface area contributed by atoms with Gasteiger partial charge in [-0.05, 0) is 61.4 Å². The van der Waals surface area contributed by atoms with E-state index < -0.39 is 0 Å². The molecule has 1 aliphatic carbocycles. The third kappa shape index (κ3) is 3.41. The molecule has 6 heteroatoms. The predicted octanol–water partition coefficient (Wildman–Crippen LogP) is 3.17. The van der Waals surface area contributed by atoms with Crippen LogP contribution in [0.3, 0.4) is 0 Å². The molecule has 0 amide bonds. The lowest BCUT2D eigenvalue weighted by atomic mass is 9.90. The average Bonchev–Trinajstić information content (AvgIpc) is 2.46. The maximum Gasteiger partial charge on any atom is 0.270 e. The predicted molar refractivity (Wildman–Crippen MR) is 89.3 cm³/mol. The Labute approximate surface area is 133 Å². The van der Waals surface area contributed by atoms with Gasteiger partial charge in [0, 0.05) is 34.8 Å². The highest BCUT2D eigenvalue weighted by Gasteiger charge is 2.24. The molecule has 20 heavy (non-hydrogen) atoms. The molecule has 0 heterocycles. The van der Waals surface area contributed by atoms with Gasteiger partial charge in [-0.1, -0.05) is 0 Å². The second kappa shape index (κ2) is 6.71. The van der Waals surface area contributed by atoms with E-state index in [0.29, 0.717) is 12.1 Å². The Hall–Kier alpha value is -0.890. The number of nitrogens with one attached hydrogen (secondary N) is 1. The first kappa shape index (κ1) is 15.5. The van der Waals surface area contributed by atoms with Crippen LogP contribution in [0.5, 0.6) is 0 Å². The molecule has 0 aromatic heterocycles.